The molecule has 21 heavy (non-hydrogen) atoms. The van der Waals surface area contributed by atoms with Crippen molar-refractivity contribution >= 4 is 40.5 Å². The minimum absolute atomic E-state index is 0.201. The summed E-state index contributed by atoms with van der Waals surface area (Å²) in [6, 6.07) is 10.7. The van der Waals surface area contributed by atoms with Crippen LogP contribution in [0.2, 0.25) is 10.0 Å². The second-order valence-electron chi connectivity index (χ2n) is 4.69. The molecule has 0 atom stereocenters. The van der Waals surface area contributed by atoms with Gasteiger partial charge < -0.3 is 10.6 Å². The summed E-state index contributed by atoms with van der Waals surface area (Å²) in [5.74, 6) is -0.201. The first kappa shape index (κ1) is 15.7. The van der Waals surface area contributed by atoms with Crippen LogP contribution in [0.3, 0.4) is 0 Å². The van der Waals surface area contributed by atoms with Gasteiger partial charge in [0, 0.05) is 28.0 Å². The number of halogens is 2. The topological polar surface area (TPSA) is 41.1 Å². The van der Waals surface area contributed by atoms with Crippen molar-refractivity contribution in [1.29, 1.82) is 0 Å². The fourth-order valence-corrected chi connectivity index (χ4v) is 2.54. The molecule has 0 unspecified atom stereocenters. The van der Waals surface area contributed by atoms with E-state index in [1.165, 1.54) is 0 Å². The van der Waals surface area contributed by atoms with Crippen molar-refractivity contribution in [2.24, 2.45) is 0 Å². The van der Waals surface area contributed by atoms with Gasteiger partial charge in [0.15, 0.2) is 0 Å². The molecule has 0 saturated heterocycles. The molecule has 0 aliphatic rings. The maximum atomic E-state index is 12.4. The average molecular weight is 323 g/mol. The largest absolute Gasteiger partial charge is 0.385 e. The Hall–Kier alpha value is -1.71. The Morgan fingerprint density at radius 2 is 1.76 bits per heavy atom. The number of carbonyl (C=O) groups excluding carboxylic acids is 1. The molecule has 1 amide bonds. The highest BCUT2D eigenvalue weighted by atomic mass is 35.5. The summed E-state index contributed by atoms with van der Waals surface area (Å²) in [5.41, 5.74) is 2.98. The molecule has 2 aromatic carbocycles. The van der Waals surface area contributed by atoms with Crippen LogP contribution in [0.1, 0.15) is 22.8 Å². The van der Waals surface area contributed by atoms with Gasteiger partial charge in [-0.05, 0) is 44.2 Å². The second-order valence-corrected chi connectivity index (χ2v) is 5.56. The Bertz CT molecular complexity index is 651. The van der Waals surface area contributed by atoms with Crippen LogP contribution in [-0.4, -0.2) is 12.5 Å². The molecule has 0 fully saturated rings. The van der Waals surface area contributed by atoms with Crippen LogP contribution in [0, 0.1) is 6.92 Å². The Morgan fingerprint density at radius 3 is 2.38 bits per heavy atom. The van der Waals surface area contributed by atoms with Crippen molar-refractivity contribution in [3.8, 4) is 0 Å². The van der Waals surface area contributed by atoms with Crippen LogP contribution in [0.4, 0.5) is 11.4 Å². The van der Waals surface area contributed by atoms with Gasteiger partial charge in [-0.25, -0.2) is 0 Å². The molecule has 2 rings (SSSR count). The zero-order valence-corrected chi connectivity index (χ0v) is 13.3. The maximum absolute atomic E-state index is 12.4. The lowest BCUT2D eigenvalue weighted by atomic mass is 10.1. The highest BCUT2D eigenvalue weighted by Crippen LogP contribution is 2.24. The van der Waals surface area contributed by atoms with Crippen LogP contribution in [0.15, 0.2) is 36.4 Å². The summed E-state index contributed by atoms with van der Waals surface area (Å²) >= 11 is 11.9. The minimum atomic E-state index is -0.201. The third-order valence-electron chi connectivity index (χ3n) is 2.91. The van der Waals surface area contributed by atoms with Gasteiger partial charge in [-0.1, -0.05) is 34.8 Å². The van der Waals surface area contributed by atoms with Crippen LogP contribution in [0.5, 0.6) is 0 Å². The molecule has 0 heterocycles. The van der Waals surface area contributed by atoms with Gasteiger partial charge in [0.1, 0.15) is 0 Å². The number of carbonyl (C=O) groups is 1. The van der Waals surface area contributed by atoms with E-state index in [-0.39, 0.29) is 5.91 Å². The van der Waals surface area contributed by atoms with Gasteiger partial charge in [0.25, 0.3) is 5.91 Å². The van der Waals surface area contributed by atoms with Gasteiger partial charge in [-0.15, -0.1) is 0 Å². The molecule has 110 valence electrons. The van der Waals surface area contributed by atoms with E-state index in [0.29, 0.717) is 21.3 Å². The molecule has 5 heteroatoms. The van der Waals surface area contributed by atoms with E-state index in [1.807, 2.05) is 32.0 Å². The predicted molar refractivity (Wildman–Crippen MR) is 89.8 cm³/mol. The lowest BCUT2D eigenvalue weighted by molar-refractivity contribution is 0.102. The number of hydrogen-bond acceptors (Lipinski definition) is 2. The molecule has 0 spiro atoms. The Labute approximate surface area is 134 Å². The summed E-state index contributed by atoms with van der Waals surface area (Å²) in [5, 5.41) is 6.96. The second kappa shape index (κ2) is 6.83. The molecule has 0 bridgehead atoms. The van der Waals surface area contributed by atoms with Crippen molar-refractivity contribution in [2.75, 3.05) is 17.2 Å². The Morgan fingerprint density at radius 1 is 1.10 bits per heavy atom. The quantitative estimate of drug-likeness (QED) is 0.832. The molecule has 0 saturated carbocycles. The van der Waals surface area contributed by atoms with Crippen molar-refractivity contribution in [2.45, 2.75) is 13.8 Å². The first-order valence-electron chi connectivity index (χ1n) is 6.61. The first-order valence-corrected chi connectivity index (χ1v) is 7.37. The molecule has 0 radical (unpaired) electrons. The van der Waals surface area contributed by atoms with Crippen molar-refractivity contribution in [3.63, 3.8) is 0 Å². The third kappa shape index (κ3) is 4.13. The highest BCUT2D eigenvalue weighted by molar-refractivity contribution is 6.35. The average Bonchev–Trinajstić information content (AvgIpc) is 2.39. The van der Waals surface area contributed by atoms with E-state index >= 15 is 0 Å². The van der Waals surface area contributed by atoms with Gasteiger partial charge in [-0.2, -0.15) is 0 Å². The summed E-state index contributed by atoms with van der Waals surface area (Å²) < 4.78 is 0. The van der Waals surface area contributed by atoms with Gasteiger partial charge in [0.2, 0.25) is 0 Å². The molecule has 2 N–H and O–H groups in total. The molecular weight excluding hydrogens is 307 g/mol. The van der Waals surface area contributed by atoms with Crippen LogP contribution >= 0.6 is 23.2 Å². The molecular formula is C16H16Cl2N2O. The number of rotatable bonds is 4. The van der Waals surface area contributed by atoms with E-state index < -0.39 is 0 Å². The molecule has 0 aliphatic carbocycles. The molecule has 0 aromatic heterocycles. The lowest BCUT2D eigenvalue weighted by Gasteiger charge is -2.12. The monoisotopic (exact) mass is 322 g/mol. The number of anilines is 2. The predicted octanol–water partition coefficient (Wildman–Crippen LogP) is 4.99. The minimum Gasteiger partial charge on any atom is -0.385 e. The molecule has 2 aromatic rings. The van der Waals surface area contributed by atoms with E-state index in [0.717, 1.165) is 17.8 Å². The first-order chi connectivity index (χ1) is 9.99. The van der Waals surface area contributed by atoms with E-state index in [4.69, 9.17) is 23.2 Å². The Kier molecular flexibility index (Phi) is 5.10. The molecule has 0 aliphatic heterocycles. The summed E-state index contributed by atoms with van der Waals surface area (Å²) in [6.45, 7) is 4.67. The molecule has 3 nitrogen and oxygen atoms in total. The van der Waals surface area contributed by atoms with Gasteiger partial charge in [-0.3, -0.25) is 4.79 Å². The van der Waals surface area contributed by atoms with E-state index in [2.05, 4.69) is 10.6 Å². The van der Waals surface area contributed by atoms with E-state index in [1.54, 1.807) is 18.2 Å². The van der Waals surface area contributed by atoms with Crippen LogP contribution < -0.4 is 10.6 Å². The summed E-state index contributed by atoms with van der Waals surface area (Å²) in [7, 11) is 0. The zero-order valence-electron chi connectivity index (χ0n) is 11.8. The van der Waals surface area contributed by atoms with Crippen molar-refractivity contribution in [3.05, 3.63) is 57.6 Å². The standard InChI is InChI=1S/C16H16Cl2N2O/c1-3-19-15-5-4-10(2)6-14(15)16(21)20-13-8-11(17)7-12(18)9-13/h4-9,19H,3H2,1-2H3,(H,20,21). The maximum Gasteiger partial charge on any atom is 0.257 e. The number of hydrogen-bond donors (Lipinski definition) is 2. The SMILES string of the molecule is CCNc1ccc(C)cc1C(=O)Nc1cc(Cl)cc(Cl)c1. The van der Waals surface area contributed by atoms with Gasteiger partial charge >= 0.3 is 0 Å². The Balaban J connectivity index is 2.29. The summed E-state index contributed by atoms with van der Waals surface area (Å²) in [4.78, 5) is 12.4. The van der Waals surface area contributed by atoms with Crippen LogP contribution in [0.25, 0.3) is 0 Å². The third-order valence-corrected chi connectivity index (χ3v) is 3.34. The smallest absolute Gasteiger partial charge is 0.257 e. The number of nitrogens with one attached hydrogen (secondary N) is 2. The zero-order chi connectivity index (χ0) is 15.4. The number of amides is 1. The number of aryl methyl sites for hydroxylation is 1. The normalized spacial score (nSPS) is 10.3. The lowest BCUT2D eigenvalue weighted by Crippen LogP contribution is -2.15. The van der Waals surface area contributed by atoms with Gasteiger partial charge in [0.05, 0.1) is 5.56 Å². The number of benzene rings is 2. The fraction of sp³-hybridized carbons (Fsp3) is 0.188. The fourth-order valence-electron chi connectivity index (χ4n) is 2.01. The van der Waals surface area contributed by atoms with Crippen molar-refractivity contribution < 1.29 is 4.79 Å². The van der Waals surface area contributed by atoms with Crippen LogP contribution in [-0.2, 0) is 0 Å². The summed E-state index contributed by atoms with van der Waals surface area (Å²) in [6.07, 6.45) is 0. The van der Waals surface area contributed by atoms with Crippen molar-refractivity contribution in [1.82, 2.24) is 0 Å². The highest BCUT2D eigenvalue weighted by Gasteiger charge is 2.12. The van der Waals surface area contributed by atoms with E-state index in [9.17, 15) is 4.79 Å².